The summed E-state index contributed by atoms with van der Waals surface area (Å²) in [4.78, 5) is 21.5. The molecule has 2 N–H and O–H groups in total. The Kier molecular flexibility index (Phi) is 5.52. The van der Waals surface area contributed by atoms with Crippen molar-refractivity contribution in [3.05, 3.63) is 63.3 Å². The molecule has 3 aromatic rings. The molecule has 1 aliphatic heterocycles. The van der Waals surface area contributed by atoms with Crippen LogP contribution in [-0.2, 0) is 6.54 Å². The third-order valence-corrected chi connectivity index (χ3v) is 6.44. The average molecular weight is 400 g/mol. The van der Waals surface area contributed by atoms with E-state index in [4.69, 9.17) is 4.98 Å². The van der Waals surface area contributed by atoms with Crippen LogP contribution in [0.4, 0.5) is 10.8 Å². The minimum atomic E-state index is 0.169. The van der Waals surface area contributed by atoms with E-state index in [1.807, 2.05) is 22.4 Å². The summed E-state index contributed by atoms with van der Waals surface area (Å²) >= 11 is 3.16. The first-order valence-corrected chi connectivity index (χ1v) is 10.9. The monoisotopic (exact) mass is 399 g/mol. The van der Waals surface area contributed by atoms with Crippen LogP contribution in [-0.4, -0.2) is 42.0 Å². The van der Waals surface area contributed by atoms with Crippen molar-refractivity contribution in [1.82, 2.24) is 9.88 Å². The van der Waals surface area contributed by atoms with E-state index >= 15 is 0 Å². The molecule has 1 fully saturated rings. The summed E-state index contributed by atoms with van der Waals surface area (Å²) in [6.45, 7) is 6.55. The predicted molar refractivity (Wildman–Crippen MR) is 111 cm³/mol. The van der Waals surface area contributed by atoms with Gasteiger partial charge in [0, 0.05) is 11.1 Å². The van der Waals surface area contributed by atoms with Gasteiger partial charge in [0.05, 0.1) is 31.1 Å². The van der Waals surface area contributed by atoms with Gasteiger partial charge in [0.15, 0.2) is 5.13 Å². The summed E-state index contributed by atoms with van der Waals surface area (Å²) in [7, 11) is 0. The van der Waals surface area contributed by atoms with Gasteiger partial charge in [-0.2, -0.15) is 0 Å². The Morgan fingerprint density at radius 2 is 1.96 bits per heavy atom. The van der Waals surface area contributed by atoms with Crippen molar-refractivity contribution in [3.8, 4) is 0 Å². The second-order valence-electron chi connectivity index (χ2n) is 6.83. The molecule has 0 bridgehead atoms. The first kappa shape index (κ1) is 18.2. The number of piperazine rings is 1. The highest BCUT2D eigenvalue weighted by molar-refractivity contribution is 7.13. The number of amides is 1. The zero-order valence-electron chi connectivity index (χ0n) is 15.3. The fourth-order valence-corrected chi connectivity index (χ4v) is 4.64. The van der Waals surface area contributed by atoms with Crippen LogP contribution in [0.1, 0.15) is 20.9 Å². The molecule has 0 aliphatic carbocycles. The molecule has 0 unspecified atom stereocenters. The summed E-state index contributed by atoms with van der Waals surface area (Å²) in [6, 6.07) is 12.2. The highest BCUT2D eigenvalue weighted by Gasteiger charge is 2.25. The molecule has 7 heteroatoms. The van der Waals surface area contributed by atoms with Crippen LogP contribution >= 0.6 is 22.7 Å². The molecule has 4 rings (SSSR count). The molecule has 0 atom stereocenters. The first-order valence-electron chi connectivity index (χ1n) is 9.12. The van der Waals surface area contributed by atoms with Gasteiger partial charge in [-0.15, -0.1) is 22.7 Å². The number of aryl methyl sites for hydroxylation is 1. The molecule has 0 radical (unpaired) electrons. The van der Waals surface area contributed by atoms with Crippen molar-refractivity contribution in [2.24, 2.45) is 0 Å². The Hall–Kier alpha value is -2.22. The lowest BCUT2D eigenvalue weighted by Crippen LogP contribution is -3.13. The number of benzene rings is 1. The summed E-state index contributed by atoms with van der Waals surface area (Å²) in [5.74, 6) is 0.169. The van der Waals surface area contributed by atoms with Crippen LogP contribution in [0.2, 0.25) is 0 Å². The first-order chi connectivity index (χ1) is 13.2. The number of nitrogens with one attached hydrogen (secondary N) is 2. The van der Waals surface area contributed by atoms with Crippen LogP contribution in [0.15, 0.2) is 47.2 Å². The van der Waals surface area contributed by atoms with Gasteiger partial charge in [0.25, 0.3) is 5.91 Å². The third kappa shape index (κ3) is 4.55. The smallest absolute Gasteiger partial charge is 0.264 e. The number of aromatic nitrogens is 1. The van der Waals surface area contributed by atoms with E-state index < -0.39 is 0 Å². The highest BCUT2D eigenvalue weighted by atomic mass is 32.1. The number of nitrogens with zero attached hydrogens (tertiary/aromatic N) is 2. The molecule has 2 aromatic heterocycles. The average Bonchev–Trinajstić information content (AvgIpc) is 3.36. The van der Waals surface area contributed by atoms with Crippen LogP contribution in [0.3, 0.4) is 0 Å². The zero-order valence-corrected chi connectivity index (χ0v) is 16.9. The maximum absolute atomic E-state index is 12.4. The molecule has 1 aliphatic rings. The lowest BCUT2D eigenvalue weighted by Gasteiger charge is -2.31. The maximum atomic E-state index is 12.4. The SMILES string of the molecule is Cc1ccc(Nc2nc(C[NH+]3CCN(C(=O)c4cccs4)CC3)cs2)cc1. The van der Waals surface area contributed by atoms with Gasteiger partial charge in [-0.1, -0.05) is 23.8 Å². The number of carbonyl (C=O) groups excluding carboxylic acids is 1. The number of rotatable bonds is 5. The number of thiazole rings is 1. The normalized spacial score (nSPS) is 15.1. The number of hydrogen-bond donors (Lipinski definition) is 2. The lowest BCUT2D eigenvalue weighted by atomic mass is 10.2. The highest BCUT2D eigenvalue weighted by Crippen LogP contribution is 2.21. The molecular formula is C20H23N4OS2+. The number of quaternary nitrogens is 1. The molecule has 1 saturated heterocycles. The minimum absolute atomic E-state index is 0.169. The molecular weight excluding hydrogens is 376 g/mol. The van der Waals surface area contributed by atoms with E-state index in [9.17, 15) is 4.79 Å². The van der Waals surface area contributed by atoms with E-state index in [1.54, 1.807) is 11.3 Å². The Morgan fingerprint density at radius 1 is 1.19 bits per heavy atom. The van der Waals surface area contributed by atoms with Crippen molar-refractivity contribution in [2.45, 2.75) is 13.5 Å². The summed E-state index contributed by atoms with van der Waals surface area (Å²) in [5, 5.41) is 8.39. The largest absolute Gasteiger partial charge is 0.332 e. The van der Waals surface area contributed by atoms with Crippen LogP contribution < -0.4 is 10.2 Å². The standard InChI is InChI=1S/C20H22N4OS2/c1-15-4-6-16(7-5-15)21-20-22-17(14-27-20)13-23-8-10-24(11-9-23)19(25)18-3-2-12-26-18/h2-7,12,14H,8-11,13H2,1H3,(H,21,22)/p+1. The third-order valence-electron chi connectivity index (χ3n) is 4.78. The van der Waals surface area contributed by atoms with E-state index in [0.717, 1.165) is 54.1 Å². The Balaban J connectivity index is 1.29. The molecule has 0 spiro atoms. The maximum Gasteiger partial charge on any atom is 0.264 e. The van der Waals surface area contributed by atoms with Gasteiger partial charge in [-0.05, 0) is 30.5 Å². The zero-order chi connectivity index (χ0) is 18.6. The van der Waals surface area contributed by atoms with Crippen molar-refractivity contribution >= 4 is 39.4 Å². The van der Waals surface area contributed by atoms with Crippen LogP contribution in [0.5, 0.6) is 0 Å². The van der Waals surface area contributed by atoms with Crippen molar-refractivity contribution in [2.75, 3.05) is 31.5 Å². The van der Waals surface area contributed by atoms with Gasteiger partial charge < -0.3 is 15.1 Å². The lowest BCUT2D eigenvalue weighted by molar-refractivity contribution is -0.917. The number of anilines is 2. The molecule has 3 heterocycles. The number of carbonyl (C=O) groups is 1. The van der Waals surface area contributed by atoms with Gasteiger partial charge in [-0.3, -0.25) is 4.79 Å². The fraction of sp³-hybridized carbons (Fsp3) is 0.300. The van der Waals surface area contributed by atoms with Gasteiger partial charge in [0.1, 0.15) is 12.2 Å². The van der Waals surface area contributed by atoms with Crippen molar-refractivity contribution in [3.63, 3.8) is 0 Å². The summed E-state index contributed by atoms with van der Waals surface area (Å²) in [6.07, 6.45) is 0. The second kappa shape index (κ2) is 8.21. The minimum Gasteiger partial charge on any atom is -0.332 e. The molecule has 140 valence electrons. The van der Waals surface area contributed by atoms with E-state index in [-0.39, 0.29) is 5.91 Å². The number of hydrogen-bond acceptors (Lipinski definition) is 5. The predicted octanol–water partition coefficient (Wildman–Crippen LogP) is 2.80. The molecule has 0 saturated carbocycles. The topological polar surface area (TPSA) is 49.7 Å². The Bertz CT molecular complexity index is 881. The van der Waals surface area contributed by atoms with Crippen LogP contribution in [0.25, 0.3) is 0 Å². The molecule has 27 heavy (non-hydrogen) atoms. The second-order valence-corrected chi connectivity index (χ2v) is 8.64. The quantitative estimate of drug-likeness (QED) is 0.694. The summed E-state index contributed by atoms with van der Waals surface area (Å²) in [5.41, 5.74) is 3.43. The Morgan fingerprint density at radius 3 is 2.67 bits per heavy atom. The summed E-state index contributed by atoms with van der Waals surface area (Å²) < 4.78 is 0. The molecule has 1 amide bonds. The fourth-order valence-electron chi connectivity index (χ4n) is 3.22. The van der Waals surface area contributed by atoms with E-state index in [2.05, 4.69) is 41.9 Å². The Labute approximate surface area is 167 Å². The van der Waals surface area contributed by atoms with Crippen molar-refractivity contribution in [1.29, 1.82) is 0 Å². The molecule has 5 nitrogen and oxygen atoms in total. The van der Waals surface area contributed by atoms with Gasteiger partial charge in [0.2, 0.25) is 0 Å². The van der Waals surface area contributed by atoms with Crippen LogP contribution in [0, 0.1) is 6.92 Å². The van der Waals surface area contributed by atoms with Gasteiger partial charge in [-0.25, -0.2) is 4.98 Å². The molecule has 1 aromatic carbocycles. The van der Waals surface area contributed by atoms with E-state index in [0.29, 0.717) is 0 Å². The van der Waals surface area contributed by atoms with E-state index in [1.165, 1.54) is 21.8 Å². The van der Waals surface area contributed by atoms with Gasteiger partial charge >= 0.3 is 0 Å². The van der Waals surface area contributed by atoms with Crippen molar-refractivity contribution < 1.29 is 9.69 Å². The number of thiophene rings is 1.